The molecule has 0 atom stereocenters. The van der Waals surface area contributed by atoms with Crippen LogP contribution in [-0.2, 0) is 4.79 Å². The molecule has 0 aliphatic carbocycles. The Kier molecular flexibility index (Phi) is 5.38. The molecule has 0 aliphatic heterocycles. The van der Waals surface area contributed by atoms with Crippen molar-refractivity contribution in [2.75, 3.05) is 14.2 Å². The lowest BCUT2D eigenvalue weighted by Crippen LogP contribution is -2.02. The van der Waals surface area contributed by atoms with Crippen molar-refractivity contribution in [1.82, 2.24) is 0 Å². The van der Waals surface area contributed by atoms with E-state index in [1.54, 1.807) is 14.2 Å². The summed E-state index contributed by atoms with van der Waals surface area (Å²) in [5, 5.41) is 0. The minimum atomic E-state index is 0.201. The van der Waals surface area contributed by atoms with Gasteiger partial charge >= 0.3 is 0 Å². The lowest BCUT2D eigenvalue weighted by Gasteiger charge is -2.18. The van der Waals surface area contributed by atoms with Gasteiger partial charge < -0.3 is 14.3 Å². The van der Waals surface area contributed by atoms with E-state index in [1.807, 2.05) is 24.3 Å². The first-order valence-electron chi connectivity index (χ1n) is 7.00. The van der Waals surface area contributed by atoms with E-state index in [4.69, 9.17) is 9.47 Å². The average Bonchev–Trinajstić information content (AvgIpc) is 2.56. The number of carbonyl (C=O) groups excluding carboxylic acids is 1. The quantitative estimate of drug-likeness (QED) is 0.725. The predicted octanol–water partition coefficient (Wildman–Crippen LogP) is 3.81. The second-order valence-electron chi connectivity index (χ2n) is 4.84. The Labute approximate surface area is 125 Å². The summed E-state index contributed by atoms with van der Waals surface area (Å²) < 4.78 is 10.4. The molecule has 0 aromatic heterocycles. The van der Waals surface area contributed by atoms with Crippen molar-refractivity contribution in [1.29, 1.82) is 0 Å². The number of hydrogen-bond acceptors (Lipinski definition) is 3. The Morgan fingerprint density at radius 3 is 1.62 bits per heavy atom. The Balaban J connectivity index is 2.28. The average molecular weight is 284 g/mol. The molecule has 2 aromatic carbocycles. The van der Waals surface area contributed by atoms with Crippen LogP contribution >= 0.6 is 0 Å². The van der Waals surface area contributed by atoms with E-state index in [0.29, 0.717) is 6.42 Å². The first-order chi connectivity index (χ1) is 10.3. The molecule has 0 bridgehead atoms. The van der Waals surface area contributed by atoms with Crippen LogP contribution in [0.15, 0.2) is 48.5 Å². The van der Waals surface area contributed by atoms with Gasteiger partial charge in [0.05, 0.1) is 14.2 Å². The van der Waals surface area contributed by atoms with Gasteiger partial charge in [-0.3, -0.25) is 0 Å². The van der Waals surface area contributed by atoms with Crippen LogP contribution in [0.5, 0.6) is 11.5 Å². The topological polar surface area (TPSA) is 35.5 Å². The Hall–Kier alpha value is -2.29. The molecule has 0 saturated heterocycles. The van der Waals surface area contributed by atoms with E-state index in [-0.39, 0.29) is 5.92 Å². The molecule has 3 heteroatoms. The van der Waals surface area contributed by atoms with E-state index in [1.165, 1.54) is 11.1 Å². The second-order valence-corrected chi connectivity index (χ2v) is 4.84. The fourth-order valence-corrected chi connectivity index (χ4v) is 2.43. The molecule has 0 fully saturated rings. The highest BCUT2D eigenvalue weighted by molar-refractivity contribution is 5.50. The fraction of sp³-hybridized carbons (Fsp3) is 0.278. The Morgan fingerprint density at radius 2 is 1.29 bits per heavy atom. The van der Waals surface area contributed by atoms with Gasteiger partial charge in [0.1, 0.15) is 17.8 Å². The van der Waals surface area contributed by atoms with Crippen molar-refractivity contribution in [2.24, 2.45) is 0 Å². The van der Waals surface area contributed by atoms with Gasteiger partial charge in [-0.15, -0.1) is 0 Å². The zero-order chi connectivity index (χ0) is 15.1. The molecular formula is C18H20O3. The molecule has 0 aliphatic rings. The van der Waals surface area contributed by atoms with Crippen LogP contribution in [0.3, 0.4) is 0 Å². The van der Waals surface area contributed by atoms with Crippen LogP contribution < -0.4 is 9.47 Å². The third kappa shape index (κ3) is 3.85. The third-order valence-corrected chi connectivity index (χ3v) is 3.61. The molecule has 0 radical (unpaired) electrons. The molecule has 0 N–H and O–H groups in total. The molecule has 21 heavy (non-hydrogen) atoms. The highest BCUT2D eigenvalue weighted by atomic mass is 16.5. The maximum absolute atomic E-state index is 10.7. The summed E-state index contributed by atoms with van der Waals surface area (Å²) in [6, 6.07) is 16.0. The van der Waals surface area contributed by atoms with Crippen LogP contribution in [0.4, 0.5) is 0 Å². The van der Waals surface area contributed by atoms with Gasteiger partial charge in [0.2, 0.25) is 0 Å². The van der Waals surface area contributed by atoms with Gasteiger partial charge in [-0.1, -0.05) is 24.3 Å². The standard InChI is InChI=1S/C18H20O3/c1-20-16-9-5-14(6-10-16)18(4-3-13-19)15-7-11-17(21-2)12-8-15/h5-13,18H,3-4H2,1-2H3. The van der Waals surface area contributed by atoms with E-state index < -0.39 is 0 Å². The van der Waals surface area contributed by atoms with Gasteiger partial charge in [-0.2, -0.15) is 0 Å². The minimum Gasteiger partial charge on any atom is -0.497 e. The molecule has 2 aromatic rings. The molecule has 0 spiro atoms. The summed E-state index contributed by atoms with van der Waals surface area (Å²) in [5.41, 5.74) is 2.37. The monoisotopic (exact) mass is 284 g/mol. The fourth-order valence-electron chi connectivity index (χ4n) is 2.43. The summed E-state index contributed by atoms with van der Waals surface area (Å²) in [7, 11) is 3.31. The van der Waals surface area contributed by atoms with Crippen molar-refractivity contribution in [3.05, 3.63) is 59.7 Å². The molecule has 0 saturated carbocycles. The molecule has 0 unspecified atom stereocenters. The minimum absolute atomic E-state index is 0.201. The van der Waals surface area contributed by atoms with E-state index in [0.717, 1.165) is 24.2 Å². The number of aldehydes is 1. The van der Waals surface area contributed by atoms with Crippen LogP contribution in [0.25, 0.3) is 0 Å². The highest BCUT2D eigenvalue weighted by Gasteiger charge is 2.14. The zero-order valence-corrected chi connectivity index (χ0v) is 12.4. The van der Waals surface area contributed by atoms with Gasteiger partial charge in [0.15, 0.2) is 0 Å². The lowest BCUT2D eigenvalue weighted by molar-refractivity contribution is -0.107. The number of hydrogen-bond donors (Lipinski definition) is 0. The summed E-state index contributed by atoms with van der Waals surface area (Å²) >= 11 is 0. The van der Waals surface area contributed by atoms with E-state index >= 15 is 0 Å². The number of carbonyl (C=O) groups is 1. The molecule has 0 amide bonds. The SMILES string of the molecule is COc1ccc(C(CCC=O)c2ccc(OC)cc2)cc1. The van der Waals surface area contributed by atoms with Crippen molar-refractivity contribution in [3.8, 4) is 11.5 Å². The van der Waals surface area contributed by atoms with E-state index in [9.17, 15) is 4.79 Å². The summed E-state index contributed by atoms with van der Waals surface area (Å²) in [6.45, 7) is 0. The summed E-state index contributed by atoms with van der Waals surface area (Å²) in [5.74, 6) is 1.87. The third-order valence-electron chi connectivity index (χ3n) is 3.61. The first kappa shape index (κ1) is 15.1. The van der Waals surface area contributed by atoms with E-state index in [2.05, 4.69) is 24.3 Å². The van der Waals surface area contributed by atoms with Gasteiger partial charge in [0, 0.05) is 12.3 Å². The lowest BCUT2D eigenvalue weighted by atomic mass is 9.87. The maximum Gasteiger partial charge on any atom is 0.120 e. The number of methoxy groups -OCH3 is 2. The Bertz CT molecular complexity index is 511. The Morgan fingerprint density at radius 1 is 0.857 bits per heavy atom. The van der Waals surface area contributed by atoms with Crippen LogP contribution in [0.2, 0.25) is 0 Å². The van der Waals surface area contributed by atoms with Crippen molar-refractivity contribution >= 4 is 6.29 Å². The van der Waals surface area contributed by atoms with Crippen LogP contribution in [-0.4, -0.2) is 20.5 Å². The number of rotatable bonds is 7. The van der Waals surface area contributed by atoms with Gasteiger partial charge in [-0.05, 0) is 41.8 Å². The second kappa shape index (κ2) is 7.48. The largest absolute Gasteiger partial charge is 0.497 e. The first-order valence-corrected chi connectivity index (χ1v) is 7.00. The zero-order valence-electron chi connectivity index (χ0n) is 12.4. The molecule has 0 heterocycles. The number of ether oxygens (including phenoxy) is 2. The molecule has 110 valence electrons. The highest BCUT2D eigenvalue weighted by Crippen LogP contribution is 2.31. The van der Waals surface area contributed by atoms with Crippen LogP contribution in [0, 0.1) is 0 Å². The van der Waals surface area contributed by atoms with Gasteiger partial charge in [-0.25, -0.2) is 0 Å². The van der Waals surface area contributed by atoms with Crippen molar-refractivity contribution in [2.45, 2.75) is 18.8 Å². The molecular weight excluding hydrogens is 264 g/mol. The maximum atomic E-state index is 10.7. The van der Waals surface area contributed by atoms with Gasteiger partial charge in [0.25, 0.3) is 0 Å². The normalized spacial score (nSPS) is 10.4. The van der Waals surface area contributed by atoms with Crippen molar-refractivity contribution in [3.63, 3.8) is 0 Å². The summed E-state index contributed by atoms with van der Waals surface area (Å²) in [4.78, 5) is 10.7. The van der Waals surface area contributed by atoms with Crippen molar-refractivity contribution < 1.29 is 14.3 Å². The van der Waals surface area contributed by atoms with Crippen LogP contribution in [0.1, 0.15) is 29.9 Å². The smallest absolute Gasteiger partial charge is 0.120 e. The molecule has 3 nitrogen and oxygen atoms in total. The predicted molar refractivity (Wildman–Crippen MR) is 83.1 cm³/mol. The summed E-state index contributed by atoms with van der Waals surface area (Å²) in [6.07, 6.45) is 2.31. The number of benzene rings is 2. The molecule has 2 rings (SSSR count).